The van der Waals surface area contributed by atoms with Crippen LogP contribution >= 0.6 is 11.6 Å². The molecule has 2 N–H and O–H groups in total. The fraction of sp³-hybridized carbons (Fsp3) is 0.600. The molecule has 1 unspecified atom stereocenters. The molecule has 0 spiro atoms. The van der Waals surface area contributed by atoms with Crippen molar-refractivity contribution in [3.05, 3.63) is 22.5 Å². The SMILES string of the molecule is Cc1nn(C)c(Cl)c1/C=C/C(=O)NCC(O)C1CCCC1. The number of carbonyl (C=O) groups excluding carboxylic acids is 1. The first-order chi connectivity index (χ1) is 9.99. The van der Waals surface area contributed by atoms with E-state index in [1.54, 1.807) is 17.8 Å². The normalized spacial score (nSPS) is 17.5. The summed E-state index contributed by atoms with van der Waals surface area (Å²) in [5.41, 5.74) is 1.52. The molecule has 116 valence electrons. The van der Waals surface area contributed by atoms with Crippen LogP contribution in [0.25, 0.3) is 6.08 Å². The van der Waals surface area contributed by atoms with Crippen molar-refractivity contribution in [2.45, 2.75) is 38.7 Å². The summed E-state index contributed by atoms with van der Waals surface area (Å²) in [6.45, 7) is 2.14. The molecule has 0 saturated heterocycles. The van der Waals surface area contributed by atoms with Gasteiger partial charge < -0.3 is 10.4 Å². The van der Waals surface area contributed by atoms with Gasteiger partial charge in [0.05, 0.1) is 11.8 Å². The number of nitrogens with zero attached hydrogens (tertiary/aromatic N) is 2. The van der Waals surface area contributed by atoms with Gasteiger partial charge in [-0.05, 0) is 31.8 Å². The van der Waals surface area contributed by atoms with E-state index >= 15 is 0 Å². The van der Waals surface area contributed by atoms with Gasteiger partial charge in [-0.2, -0.15) is 5.10 Å². The molecule has 21 heavy (non-hydrogen) atoms. The van der Waals surface area contributed by atoms with Crippen molar-refractivity contribution in [3.63, 3.8) is 0 Å². The lowest BCUT2D eigenvalue weighted by Crippen LogP contribution is -2.34. The summed E-state index contributed by atoms with van der Waals surface area (Å²) in [5.74, 6) is 0.0932. The second-order valence-corrected chi connectivity index (χ2v) is 5.96. The Morgan fingerprint density at radius 3 is 2.81 bits per heavy atom. The topological polar surface area (TPSA) is 67.2 Å². The molecule has 0 aliphatic heterocycles. The summed E-state index contributed by atoms with van der Waals surface area (Å²) in [5, 5.41) is 17.4. The van der Waals surface area contributed by atoms with Gasteiger partial charge in [-0.15, -0.1) is 0 Å². The molecular weight excluding hydrogens is 290 g/mol. The van der Waals surface area contributed by atoms with E-state index < -0.39 is 6.10 Å². The monoisotopic (exact) mass is 311 g/mol. The number of aromatic nitrogens is 2. The number of aliphatic hydroxyl groups excluding tert-OH is 1. The van der Waals surface area contributed by atoms with E-state index in [9.17, 15) is 9.90 Å². The highest BCUT2D eigenvalue weighted by Crippen LogP contribution is 2.27. The molecule has 6 heteroatoms. The number of amides is 1. The first-order valence-electron chi connectivity index (χ1n) is 7.32. The summed E-state index contributed by atoms with van der Waals surface area (Å²) < 4.78 is 1.57. The van der Waals surface area contributed by atoms with Crippen molar-refractivity contribution in [1.82, 2.24) is 15.1 Å². The Hall–Kier alpha value is -1.33. The van der Waals surface area contributed by atoms with Crippen LogP contribution in [0.4, 0.5) is 0 Å². The maximum absolute atomic E-state index is 11.8. The highest BCUT2D eigenvalue weighted by atomic mass is 35.5. The molecule has 0 bridgehead atoms. The summed E-state index contributed by atoms with van der Waals surface area (Å²) in [4.78, 5) is 11.8. The molecule has 1 aliphatic rings. The van der Waals surface area contributed by atoms with Gasteiger partial charge in [0, 0.05) is 25.2 Å². The van der Waals surface area contributed by atoms with E-state index in [4.69, 9.17) is 11.6 Å². The predicted octanol–water partition coefficient (Wildman–Crippen LogP) is 2.06. The van der Waals surface area contributed by atoms with Crippen molar-refractivity contribution < 1.29 is 9.90 Å². The minimum atomic E-state index is -0.450. The maximum Gasteiger partial charge on any atom is 0.244 e. The number of rotatable bonds is 5. The minimum absolute atomic E-state index is 0.230. The van der Waals surface area contributed by atoms with E-state index in [0.717, 1.165) is 24.1 Å². The van der Waals surface area contributed by atoms with Crippen molar-refractivity contribution in [1.29, 1.82) is 0 Å². The molecule has 0 aromatic carbocycles. The average Bonchev–Trinajstić information content (AvgIpc) is 3.05. The number of hydrogen-bond donors (Lipinski definition) is 2. The second-order valence-electron chi connectivity index (χ2n) is 5.60. The Balaban J connectivity index is 1.85. The number of hydrogen-bond acceptors (Lipinski definition) is 3. The summed E-state index contributed by atoms with van der Waals surface area (Å²) >= 11 is 6.09. The van der Waals surface area contributed by atoms with Crippen LogP contribution in [0, 0.1) is 12.8 Å². The van der Waals surface area contributed by atoms with Crippen LogP contribution in [0.5, 0.6) is 0 Å². The largest absolute Gasteiger partial charge is 0.391 e. The molecule has 1 aromatic heterocycles. The average molecular weight is 312 g/mol. The zero-order chi connectivity index (χ0) is 15.4. The smallest absolute Gasteiger partial charge is 0.244 e. The number of carbonyl (C=O) groups is 1. The summed E-state index contributed by atoms with van der Waals surface area (Å²) in [6, 6.07) is 0. The first-order valence-corrected chi connectivity index (χ1v) is 7.70. The molecule has 1 aromatic rings. The van der Waals surface area contributed by atoms with E-state index in [1.165, 1.54) is 18.9 Å². The van der Waals surface area contributed by atoms with Gasteiger partial charge in [-0.3, -0.25) is 9.48 Å². The molecule has 1 fully saturated rings. The van der Waals surface area contributed by atoms with Crippen LogP contribution in [0.1, 0.15) is 36.9 Å². The summed E-state index contributed by atoms with van der Waals surface area (Å²) in [7, 11) is 1.75. The fourth-order valence-corrected chi connectivity index (χ4v) is 3.01. The third-order valence-electron chi connectivity index (χ3n) is 4.03. The van der Waals surface area contributed by atoms with Gasteiger partial charge in [-0.1, -0.05) is 24.4 Å². The van der Waals surface area contributed by atoms with Crippen LogP contribution < -0.4 is 5.32 Å². The Morgan fingerprint density at radius 2 is 2.24 bits per heavy atom. The Bertz CT molecular complexity index is 533. The van der Waals surface area contributed by atoms with Crippen molar-refractivity contribution in [2.75, 3.05) is 6.54 Å². The molecule has 1 amide bonds. The maximum atomic E-state index is 11.8. The van der Waals surface area contributed by atoms with Gasteiger partial charge >= 0.3 is 0 Å². The van der Waals surface area contributed by atoms with Crippen LogP contribution in [-0.2, 0) is 11.8 Å². The standard InChI is InChI=1S/C15H22ClN3O2/c1-10-12(15(16)19(2)18-10)7-8-14(21)17-9-13(20)11-5-3-4-6-11/h7-8,11,13,20H,3-6,9H2,1-2H3,(H,17,21)/b8-7+. The van der Waals surface area contributed by atoms with Gasteiger partial charge in [-0.25, -0.2) is 0 Å². The fourth-order valence-electron chi connectivity index (χ4n) is 2.77. The third kappa shape index (κ3) is 4.08. The second kappa shape index (κ2) is 7.09. The lowest BCUT2D eigenvalue weighted by molar-refractivity contribution is -0.117. The van der Waals surface area contributed by atoms with E-state index in [2.05, 4.69) is 10.4 Å². The highest BCUT2D eigenvalue weighted by Gasteiger charge is 2.23. The molecule has 1 atom stereocenters. The Morgan fingerprint density at radius 1 is 1.57 bits per heavy atom. The highest BCUT2D eigenvalue weighted by molar-refractivity contribution is 6.31. The molecule has 1 aliphatic carbocycles. The third-order valence-corrected chi connectivity index (χ3v) is 4.48. The van der Waals surface area contributed by atoms with Crippen LogP contribution in [0.15, 0.2) is 6.08 Å². The zero-order valence-corrected chi connectivity index (χ0v) is 13.2. The number of nitrogens with one attached hydrogen (secondary N) is 1. The predicted molar refractivity (Wildman–Crippen MR) is 83.0 cm³/mol. The quantitative estimate of drug-likeness (QED) is 0.818. The molecule has 5 nitrogen and oxygen atoms in total. The van der Waals surface area contributed by atoms with E-state index in [0.29, 0.717) is 17.6 Å². The molecule has 2 rings (SSSR count). The van der Waals surface area contributed by atoms with Crippen molar-refractivity contribution in [3.8, 4) is 0 Å². The lowest BCUT2D eigenvalue weighted by atomic mass is 10.0. The number of aliphatic hydroxyl groups is 1. The zero-order valence-electron chi connectivity index (χ0n) is 12.5. The van der Waals surface area contributed by atoms with Crippen LogP contribution in [0.3, 0.4) is 0 Å². The van der Waals surface area contributed by atoms with Gasteiger partial charge in [0.25, 0.3) is 0 Å². The van der Waals surface area contributed by atoms with Crippen LogP contribution in [0.2, 0.25) is 5.15 Å². The van der Waals surface area contributed by atoms with Gasteiger partial charge in [0.15, 0.2) is 0 Å². The molecular formula is C15H22ClN3O2. The number of halogens is 1. The van der Waals surface area contributed by atoms with Crippen LogP contribution in [-0.4, -0.2) is 33.4 Å². The summed E-state index contributed by atoms with van der Waals surface area (Å²) in [6.07, 6.45) is 7.09. The van der Waals surface area contributed by atoms with Crippen molar-refractivity contribution >= 4 is 23.6 Å². The van der Waals surface area contributed by atoms with Crippen molar-refractivity contribution in [2.24, 2.45) is 13.0 Å². The number of aryl methyl sites for hydroxylation is 2. The molecule has 1 saturated carbocycles. The Kier molecular flexibility index (Phi) is 5.42. The van der Waals surface area contributed by atoms with Gasteiger partial charge in [0.1, 0.15) is 5.15 Å². The minimum Gasteiger partial charge on any atom is -0.391 e. The Labute approximate surface area is 130 Å². The van der Waals surface area contributed by atoms with Gasteiger partial charge in [0.2, 0.25) is 5.91 Å². The lowest BCUT2D eigenvalue weighted by Gasteiger charge is -2.17. The first kappa shape index (κ1) is 16.0. The molecule has 0 radical (unpaired) electrons. The van der Waals surface area contributed by atoms with E-state index in [-0.39, 0.29) is 5.91 Å². The molecule has 1 heterocycles. The van der Waals surface area contributed by atoms with E-state index in [1.807, 2.05) is 6.92 Å².